The Balaban J connectivity index is 2.09. The highest BCUT2D eigenvalue weighted by atomic mass is 15.1. The van der Waals surface area contributed by atoms with Crippen LogP contribution in [0.4, 0.5) is 0 Å². The summed E-state index contributed by atoms with van der Waals surface area (Å²) in [5.41, 5.74) is 0. The monoisotopic (exact) mass is 268 g/mol. The largest absolute Gasteiger partial charge is 0.314 e. The molecule has 0 aromatic carbocycles. The molecular weight excluding hydrogens is 232 g/mol. The Morgan fingerprint density at radius 2 is 1.84 bits per heavy atom. The van der Waals surface area contributed by atoms with E-state index in [1.807, 2.05) is 0 Å². The lowest BCUT2D eigenvalue weighted by atomic mass is 9.91. The van der Waals surface area contributed by atoms with Crippen LogP contribution in [-0.2, 0) is 0 Å². The second kappa shape index (κ2) is 10.7. The molecule has 1 aliphatic heterocycles. The Bertz CT molecular complexity index is 205. The lowest BCUT2D eigenvalue weighted by molar-refractivity contribution is 0.149. The molecule has 1 fully saturated rings. The van der Waals surface area contributed by atoms with Crippen LogP contribution in [0.2, 0.25) is 0 Å². The van der Waals surface area contributed by atoms with Crippen molar-refractivity contribution in [2.75, 3.05) is 26.2 Å². The standard InChI is InChI=1S/C17H36N2/c1-4-6-7-8-9-10-13-19-14-11-12-17(15-19)16(3)18-5-2/h16-18H,4-15H2,1-3H3. The van der Waals surface area contributed by atoms with Gasteiger partial charge in [0.25, 0.3) is 0 Å². The van der Waals surface area contributed by atoms with Crippen LogP contribution in [0.3, 0.4) is 0 Å². The first-order chi connectivity index (χ1) is 9.27. The summed E-state index contributed by atoms with van der Waals surface area (Å²) in [6.45, 7) is 12.0. The second-order valence-corrected chi connectivity index (χ2v) is 6.32. The van der Waals surface area contributed by atoms with Crippen molar-refractivity contribution in [1.29, 1.82) is 0 Å². The van der Waals surface area contributed by atoms with Gasteiger partial charge in [-0.15, -0.1) is 0 Å². The van der Waals surface area contributed by atoms with Gasteiger partial charge in [-0.3, -0.25) is 0 Å². The quantitative estimate of drug-likeness (QED) is 0.601. The maximum Gasteiger partial charge on any atom is 0.00791 e. The van der Waals surface area contributed by atoms with Gasteiger partial charge in [-0.05, 0) is 51.7 Å². The molecule has 2 heteroatoms. The summed E-state index contributed by atoms with van der Waals surface area (Å²) in [5, 5.41) is 3.60. The molecule has 0 aromatic rings. The maximum atomic E-state index is 3.60. The first kappa shape index (κ1) is 17.0. The molecule has 0 aromatic heterocycles. The minimum absolute atomic E-state index is 0.692. The van der Waals surface area contributed by atoms with E-state index in [1.54, 1.807) is 0 Å². The Labute approximate surface area is 121 Å². The van der Waals surface area contributed by atoms with Gasteiger partial charge in [-0.2, -0.15) is 0 Å². The Morgan fingerprint density at radius 3 is 2.58 bits per heavy atom. The van der Waals surface area contributed by atoms with Gasteiger partial charge in [0.05, 0.1) is 0 Å². The van der Waals surface area contributed by atoms with Crippen LogP contribution in [0.25, 0.3) is 0 Å². The zero-order valence-electron chi connectivity index (χ0n) is 13.6. The third-order valence-electron chi connectivity index (χ3n) is 4.60. The number of hydrogen-bond donors (Lipinski definition) is 1. The number of likely N-dealkylation sites (tertiary alicyclic amines) is 1. The fourth-order valence-corrected chi connectivity index (χ4v) is 3.31. The Kier molecular flexibility index (Phi) is 9.54. The number of piperidine rings is 1. The van der Waals surface area contributed by atoms with E-state index < -0.39 is 0 Å². The summed E-state index contributed by atoms with van der Waals surface area (Å²) in [7, 11) is 0. The molecule has 1 heterocycles. The van der Waals surface area contributed by atoms with Gasteiger partial charge in [0.15, 0.2) is 0 Å². The first-order valence-electron chi connectivity index (χ1n) is 8.73. The Morgan fingerprint density at radius 1 is 1.11 bits per heavy atom. The van der Waals surface area contributed by atoms with Crippen molar-refractivity contribution in [2.45, 2.75) is 78.2 Å². The third-order valence-corrected chi connectivity index (χ3v) is 4.60. The van der Waals surface area contributed by atoms with Gasteiger partial charge in [0, 0.05) is 12.6 Å². The van der Waals surface area contributed by atoms with Gasteiger partial charge >= 0.3 is 0 Å². The lowest BCUT2D eigenvalue weighted by Gasteiger charge is -2.36. The number of unbranched alkanes of at least 4 members (excludes halogenated alkanes) is 5. The average Bonchev–Trinajstić information content (AvgIpc) is 2.43. The van der Waals surface area contributed by atoms with Crippen molar-refractivity contribution in [1.82, 2.24) is 10.2 Å². The van der Waals surface area contributed by atoms with Crippen LogP contribution in [0.1, 0.15) is 72.1 Å². The summed E-state index contributed by atoms with van der Waals surface area (Å²) in [4.78, 5) is 2.71. The summed E-state index contributed by atoms with van der Waals surface area (Å²) in [6, 6.07) is 0.692. The zero-order chi connectivity index (χ0) is 13.9. The fraction of sp³-hybridized carbons (Fsp3) is 1.00. The number of hydrogen-bond acceptors (Lipinski definition) is 2. The molecule has 2 atom stereocenters. The van der Waals surface area contributed by atoms with E-state index in [9.17, 15) is 0 Å². The molecule has 0 spiro atoms. The van der Waals surface area contributed by atoms with Crippen LogP contribution in [-0.4, -0.2) is 37.1 Å². The van der Waals surface area contributed by atoms with E-state index in [-0.39, 0.29) is 0 Å². The highest BCUT2D eigenvalue weighted by Gasteiger charge is 2.23. The Hall–Kier alpha value is -0.0800. The molecule has 2 nitrogen and oxygen atoms in total. The summed E-state index contributed by atoms with van der Waals surface area (Å²) < 4.78 is 0. The molecule has 114 valence electrons. The number of nitrogens with zero attached hydrogens (tertiary/aromatic N) is 1. The molecule has 0 bridgehead atoms. The fourth-order valence-electron chi connectivity index (χ4n) is 3.31. The molecule has 0 radical (unpaired) electrons. The predicted molar refractivity (Wildman–Crippen MR) is 85.7 cm³/mol. The summed E-state index contributed by atoms with van der Waals surface area (Å²) in [5.74, 6) is 0.869. The average molecular weight is 268 g/mol. The van der Waals surface area contributed by atoms with Crippen molar-refractivity contribution < 1.29 is 0 Å². The van der Waals surface area contributed by atoms with E-state index in [4.69, 9.17) is 0 Å². The third kappa shape index (κ3) is 7.31. The van der Waals surface area contributed by atoms with Crippen molar-refractivity contribution in [3.05, 3.63) is 0 Å². The lowest BCUT2D eigenvalue weighted by Crippen LogP contribution is -2.44. The molecular formula is C17H36N2. The van der Waals surface area contributed by atoms with Crippen LogP contribution >= 0.6 is 0 Å². The highest BCUT2D eigenvalue weighted by molar-refractivity contribution is 4.80. The van der Waals surface area contributed by atoms with E-state index in [0.29, 0.717) is 6.04 Å². The molecule has 1 N–H and O–H groups in total. The van der Waals surface area contributed by atoms with Crippen LogP contribution < -0.4 is 5.32 Å². The zero-order valence-corrected chi connectivity index (χ0v) is 13.6. The second-order valence-electron chi connectivity index (χ2n) is 6.32. The molecule has 0 saturated carbocycles. The van der Waals surface area contributed by atoms with Gasteiger partial charge in [-0.1, -0.05) is 46.0 Å². The van der Waals surface area contributed by atoms with Crippen LogP contribution in [0.15, 0.2) is 0 Å². The normalized spacial score (nSPS) is 22.6. The molecule has 1 saturated heterocycles. The molecule has 0 amide bonds. The molecule has 1 rings (SSSR count). The van der Waals surface area contributed by atoms with Crippen LogP contribution in [0.5, 0.6) is 0 Å². The van der Waals surface area contributed by atoms with Gasteiger partial charge < -0.3 is 10.2 Å². The van der Waals surface area contributed by atoms with Crippen LogP contribution in [0, 0.1) is 5.92 Å². The SMILES string of the molecule is CCCCCCCCN1CCCC(C(C)NCC)C1. The van der Waals surface area contributed by atoms with E-state index in [0.717, 1.165) is 12.5 Å². The molecule has 1 aliphatic rings. The predicted octanol–water partition coefficient (Wildman–Crippen LogP) is 4.06. The highest BCUT2D eigenvalue weighted by Crippen LogP contribution is 2.20. The van der Waals surface area contributed by atoms with Crippen molar-refractivity contribution in [3.8, 4) is 0 Å². The molecule has 2 unspecified atom stereocenters. The van der Waals surface area contributed by atoms with Gasteiger partial charge in [0.2, 0.25) is 0 Å². The summed E-state index contributed by atoms with van der Waals surface area (Å²) in [6.07, 6.45) is 11.3. The minimum Gasteiger partial charge on any atom is -0.314 e. The molecule has 19 heavy (non-hydrogen) atoms. The first-order valence-corrected chi connectivity index (χ1v) is 8.73. The van der Waals surface area contributed by atoms with E-state index in [2.05, 4.69) is 31.0 Å². The summed E-state index contributed by atoms with van der Waals surface area (Å²) >= 11 is 0. The maximum absolute atomic E-state index is 3.60. The van der Waals surface area contributed by atoms with Gasteiger partial charge in [0.1, 0.15) is 0 Å². The van der Waals surface area contributed by atoms with Crippen molar-refractivity contribution in [2.24, 2.45) is 5.92 Å². The topological polar surface area (TPSA) is 15.3 Å². The smallest absolute Gasteiger partial charge is 0.00791 e. The van der Waals surface area contributed by atoms with Crippen molar-refractivity contribution in [3.63, 3.8) is 0 Å². The number of rotatable bonds is 10. The van der Waals surface area contributed by atoms with E-state index >= 15 is 0 Å². The number of nitrogens with one attached hydrogen (secondary N) is 1. The van der Waals surface area contributed by atoms with Crippen molar-refractivity contribution >= 4 is 0 Å². The van der Waals surface area contributed by atoms with Gasteiger partial charge in [-0.25, -0.2) is 0 Å². The molecule has 0 aliphatic carbocycles. The minimum atomic E-state index is 0.692. The van der Waals surface area contributed by atoms with E-state index in [1.165, 1.54) is 71.0 Å².